The van der Waals surface area contributed by atoms with E-state index in [2.05, 4.69) is 18.9 Å². The molecule has 62 valence electrons. The molecule has 0 aromatic heterocycles. The van der Waals surface area contributed by atoms with Gasteiger partial charge in [-0.3, -0.25) is 0 Å². The lowest BCUT2D eigenvalue weighted by atomic mass is 9.86. The molecule has 3 fully saturated rings. The number of piperidine rings is 1. The quantitative estimate of drug-likeness (QED) is 0.511. The predicted octanol–water partition coefficient (Wildman–Crippen LogP) is 1.88. The van der Waals surface area contributed by atoms with E-state index in [0.717, 1.165) is 23.4 Å². The van der Waals surface area contributed by atoms with Crippen molar-refractivity contribution in [2.45, 2.75) is 44.7 Å². The molecule has 3 atom stereocenters. The Hall–Kier alpha value is -0.0400. The highest BCUT2D eigenvalue weighted by Crippen LogP contribution is 2.66. The molecule has 11 heavy (non-hydrogen) atoms. The van der Waals surface area contributed by atoms with Gasteiger partial charge >= 0.3 is 0 Å². The van der Waals surface area contributed by atoms with Crippen molar-refractivity contribution in [3.05, 3.63) is 0 Å². The van der Waals surface area contributed by atoms with Gasteiger partial charge in [0.15, 0.2) is 0 Å². The lowest BCUT2D eigenvalue weighted by Gasteiger charge is -2.34. The van der Waals surface area contributed by atoms with Crippen molar-refractivity contribution >= 4 is 0 Å². The van der Waals surface area contributed by atoms with Gasteiger partial charge in [-0.1, -0.05) is 0 Å². The number of hydrogen-bond acceptors (Lipinski definition) is 1. The van der Waals surface area contributed by atoms with Crippen molar-refractivity contribution < 1.29 is 0 Å². The van der Waals surface area contributed by atoms with Gasteiger partial charge < -0.3 is 4.90 Å². The van der Waals surface area contributed by atoms with E-state index in [-0.39, 0.29) is 0 Å². The first-order chi connectivity index (χ1) is 5.23. The minimum atomic E-state index is 0.872. The zero-order valence-electron chi connectivity index (χ0n) is 7.51. The first kappa shape index (κ1) is 6.47. The minimum Gasteiger partial charge on any atom is -0.300 e. The molecule has 1 heterocycles. The number of nitrogens with zero attached hydrogens (tertiary/aromatic N) is 1. The maximum Gasteiger partial charge on any atom is 0.0104 e. The molecule has 1 heteroatoms. The fraction of sp³-hybridized carbons (Fsp3) is 1.00. The van der Waals surface area contributed by atoms with Gasteiger partial charge in [0.1, 0.15) is 0 Å². The monoisotopic (exact) mass is 151 g/mol. The number of hydrogen-bond donors (Lipinski definition) is 0. The summed E-state index contributed by atoms with van der Waals surface area (Å²) < 4.78 is 0. The van der Waals surface area contributed by atoms with E-state index >= 15 is 0 Å². The van der Waals surface area contributed by atoms with Crippen LogP contribution < -0.4 is 0 Å². The molecule has 1 aliphatic heterocycles. The van der Waals surface area contributed by atoms with Gasteiger partial charge in [-0.2, -0.15) is 0 Å². The molecule has 1 saturated heterocycles. The standard InChI is InChI=1S/C10H17N/c1-7-9-5-8(11(7)2)6-10(9)3-4-10/h7-9H,3-6H2,1-2H3/t7-,8+,9+/m1/s1. The van der Waals surface area contributed by atoms with Crippen LogP contribution in [0.5, 0.6) is 0 Å². The molecule has 0 aromatic rings. The van der Waals surface area contributed by atoms with Gasteiger partial charge in [0, 0.05) is 12.1 Å². The molecule has 2 bridgehead atoms. The highest BCUT2D eigenvalue weighted by molar-refractivity contribution is 5.14. The molecule has 2 aliphatic carbocycles. The molecule has 0 unspecified atom stereocenters. The van der Waals surface area contributed by atoms with Crippen molar-refractivity contribution in [1.82, 2.24) is 4.90 Å². The van der Waals surface area contributed by atoms with Gasteiger partial charge in [-0.25, -0.2) is 0 Å². The van der Waals surface area contributed by atoms with E-state index in [4.69, 9.17) is 0 Å². The highest BCUT2D eigenvalue weighted by atomic mass is 15.2. The summed E-state index contributed by atoms with van der Waals surface area (Å²) >= 11 is 0. The topological polar surface area (TPSA) is 3.24 Å². The van der Waals surface area contributed by atoms with Crippen molar-refractivity contribution in [3.8, 4) is 0 Å². The van der Waals surface area contributed by atoms with E-state index < -0.39 is 0 Å². The molecule has 0 amide bonds. The van der Waals surface area contributed by atoms with Crippen LogP contribution in [-0.2, 0) is 0 Å². The second-order valence-corrected chi connectivity index (χ2v) is 4.97. The third-order valence-corrected chi connectivity index (χ3v) is 4.65. The SMILES string of the molecule is C[C@@H]1[C@@H]2C[C@@H](CC23CC3)N1C. The Bertz CT molecular complexity index is 193. The van der Waals surface area contributed by atoms with Gasteiger partial charge in [-0.05, 0) is 51.0 Å². The number of rotatable bonds is 0. The lowest BCUT2D eigenvalue weighted by molar-refractivity contribution is 0.132. The Morgan fingerprint density at radius 2 is 2.09 bits per heavy atom. The summed E-state index contributed by atoms with van der Waals surface area (Å²) in [6, 6.07) is 1.84. The molecular weight excluding hydrogens is 134 g/mol. The Morgan fingerprint density at radius 3 is 2.55 bits per heavy atom. The second kappa shape index (κ2) is 1.66. The summed E-state index contributed by atoms with van der Waals surface area (Å²) in [6.07, 6.45) is 6.13. The van der Waals surface area contributed by atoms with Gasteiger partial charge in [-0.15, -0.1) is 0 Å². The van der Waals surface area contributed by atoms with Crippen LogP contribution in [0.3, 0.4) is 0 Å². The fourth-order valence-corrected chi connectivity index (χ4v) is 3.62. The second-order valence-electron chi connectivity index (χ2n) is 4.97. The Morgan fingerprint density at radius 1 is 1.36 bits per heavy atom. The highest BCUT2D eigenvalue weighted by Gasteiger charge is 2.62. The van der Waals surface area contributed by atoms with Crippen molar-refractivity contribution in [2.24, 2.45) is 11.3 Å². The van der Waals surface area contributed by atoms with Crippen LogP contribution in [0.1, 0.15) is 32.6 Å². The zero-order valence-corrected chi connectivity index (χ0v) is 7.51. The summed E-state index contributed by atoms with van der Waals surface area (Å²) in [5.41, 5.74) is 0.872. The Balaban J connectivity index is 1.93. The summed E-state index contributed by atoms with van der Waals surface area (Å²) in [6.45, 7) is 2.42. The van der Waals surface area contributed by atoms with Gasteiger partial charge in [0.25, 0.3) is 0 Å². The molecule has 0 aromatic carbocycles. The molecule has 3 aliphatic rings. The van der Waals surface area contributed by atoms with Gasteiger partial charge in [0.05, 0.1) is 0 Å². The largest absolute Gasteiger partial charge is 0.300 e. The van der Waals surface area contributed by atoms with Crippen LogP contribution in [0, 0.1) is 11.3 Å². The van der Waals surface area contributed by atoms with Crippen LogP contribution >= 0.6 is 0 Å². The Labute approximate surface area is 68.8 Å². The van der Waals surface area contributed by atoms with Crippen LogP contribution in [0.15, 0.2) is 0 Å². The van der Waals surface area contributed by atoms with E-state index in [9.17, 15) is 0 Å². The normalized spacial score (nSPS) is 52.4. The zero-order chi connectivity index (χ0) is 7.64. The molecule has 3 rings (SSSR count). The van der Waals surface area contributed by atoms with Crippen LogP contribution in [0.25, 0.3) is 0 Å². The first-order valence-corrected chi connectivity index (χ1v) is 4.95. The first-order valence-electron chi connectivity index (χ1n) is 4.95. The minimum absolute atomic E-state index is 0.872. The average Bonchev–Trinajstić information content (AvgIpc) is 2.53. The van der Waals surface area contributed by atoms with Crippen molar-refractivity contribution in [2.75, 3.05) is 7.05 Å². The molecule has 1 spiro atoms. The molecule has 0 N–H and O–H groups in total. The maximum absolute atomic E-state index is 2.61. The van der Waals surface area contributed by atoms with Crippen molar-refractivity contribution in [3.63, 3.8) is 0 Å². The summed E-state index contributed by atoms with van der Waals surface area (Å²) in [7, 11) is 2.31. The molecule has 1 nitrogen and oxygen atoms in total. The van der Waals surface area contributed by atoms with Gasteiger partial charge in [0.2, 0.25) is 0 Å². The fourth-order valence-electron chi connectivity index (χ4n) is 3.62. The third-order valence-electron chi connectivity index (χ3n) is 4.65. The third kappa shape index (κ3) is 0.618. The Kier molecular flexibility index (Phi) is 0.976. The van der Waals surface area contributed by atoms with Crippen molar-refractivity contribution in [1.29, 1.82) is 0 Å². The van der Waals surface area contributed by atoms with Crippen LogP contribution in [0.4, 0.5) is 0 Å². The molecular formula is C10H17N. The van der Waals surface area contributed by atoms with Crippen LogP contribution in [0.2, 0.25) is 0 Å². The predicted molar refractivity (Wildman–Crippen MR) is 45.4 cm³/mol. The lowest BCUT2D eigenvalue weighted by Crippen LogP contribution is -2.39. The smallest absolute Gasteiger partial charge is 0.0104 e. The maximum atomic E-state index is 2.61. The summed E-state index contributed by atoms with van der Waals surface area (Å²) in [4.78, 5) is 2.61. The number of fused-ring (bicyclic) bond motifs is 3. The molecule has 2 saturated carbocycles. The number of likely N-dealkylation sites (tertiary alicyclic amines) is 1. The summed E-state index contributed by atoms with van der Waals surface area (Å²) in [5.74, 6) is 1.07. The van der Waals surface area contributed by atoms with E-state index in [1.807, 2.05) is 0 Å². The molecule has 0 radical (unpaired) electrons. The average molecular weight is 151 g/mol. The summed E-state index contributed by atoms with van der Waals surface area (Å²) in [5, 5.41) is 0. The van der Waals surface area contributed by atoms with Crippen LogP contribution in [-0.4, -0.2) is 24.0 Å². The van der Waals surface area contributed by atoms with E-state index in [0.29, 0.717) is 0 Å². The van der Waals surface area contributed by atoms with E-state index in [1.54, 1.807) is 12.8 Å². The van der Waals surface area contributed by atoms with E-state index in [1.165, 1.54) is 12.8 Å².